The molecule has 0 aromatic rings. The second kappa shape index (κ2) is 4.79. The molecule has 44 valence electrons. The summed E-state index contributed by atoms with van der Waals surface area (Å²) in [5.74, 6) is 0. The summed E-state index contributed by atoms with van der Waals surface area (Å²) in [6.45, 7) is 5.32. The Hall–Kier alpha value is 0.951. The Morgan fingerprint density at radius 3 is 1.88 bits per heavy atom. The van der Waals surface area contributed by atoms with Gasteiger partial charge in [-0.25, -0.2) is 0 Å². The molecule has 0 N–H and O–H groups in total. The molecule has 2 nitrogen and oxygen atoms in total. The molecule has 0 aliphatic carbocycles. The minimum Gasteiger partial charge on any atom is -0.839 e. The molecular formula is C3H11LiO2Si2. The maximum absolute atomic E-state index is 10.7. The van der Waals surface area contributed by atoms with Crippen molar-refractivity contribution >= 4 is 18.3 Å². The second-order valence-corrected chi connectivity index (χ2v) is 6.36. The SMILES string of the molecule is C[SiH2]O[Si](C)(C)[O-].[Li+]. The second-order valence-electron chi connectivity index (χ2n) is 1.83. The van der Waals surface area contributed by atoms with Gasteiger partial charge in [-0.15, -0.1) is 0 Å². The van der Waals surface area contributed by atoms with E-state index in [0.29, 0.717) is 0 Å². The smallest absolute Gasteiger partial charge is 0.839 e. The van der Waals surface area contributed by atoms with Crippen LogP contribution in [-0.4, -0.2) is 18.3 Å². The van der Waals surface area contributed by atoms with Crippen LogP contribution in [0, 0.1) is 0 Å². The molecule has 0 fully saturated rings. The van der Waals surface area contributed by atoms with Gasteiger partial charge in [-0.05, 0) is 0 Å². The monoisotopic (exact) mass is 142 g/mol. The van der Waals surface area contributed by atoms with Crippen molar-refractivity contribution in [3.05, 3.63) is 0 Å². The largest absolute Gasteiger partial charge is 1.00 e. The molecule has 0 aromatic carbocycles. The van der Waals surface area contributed by atoms with Crippen molar-refractivity contribution < 1.29 is 27.8 Å². The average Bonchev–Trinajstić information content (AvgIpc) is 1.30. The van der Waals surface area contributed by atoms with E-state index in [9.17, 15) is 4.80 Å². The van der Waals surface area contributed by atoms with Crippen LogP contribution in [0.5, 0.6) is 0 Å². The van der Waals surface area contributed by atoms with E-state index in [1.165, 1.54) is 0 Å². The van der Waals surface area contributed by atoms with Gasteiger partial charge in [-0.1, -0.05) is 19.6 Å². The Morgan fingerprint density at radius 1 is 1.50 bits per heavy atom. The summed E-state index contributed by atoms with van der Waals surface area (Å²) in [4.78, 5) is 10.7. The van der Waals surface area contributed by atoms with Crippen molar-refractivity contribution in [1.82, 2.24) is 0 Å². The average molecular weight is 142 g/mol. The molecule has 8 heavy (non-hydrogen) atoms. The zero-order valence-electron chi connectivity index (χ0n) is 6.02. The van der Waals surface area contributed by atoms with Crippen LogP contribution in [0.3, 0.4) is 0 Å². The van der Waals surface area contributed by atoms with Crippen LogP contribution in [0.1, 0.15) is 0 Å². The first-order valence-corrected chi connectivity index (χ1v) is 7.21. The van der Waals surface area contributed by atoms with Gasteiger partial charge in [0.25, 0.3) is 0 Å². The van der Waals surface area contributed by atoms with Gasteiger partial charge in [0.2, 0.25) is 0 Å². The van der Waals surface area contributed by atoms with Gasteiger partial charge in [0, 0.05) is 0 Å². The normalized spacial score (nSPS) is 12.0. The van der Waals surface area contributed by atoms with Crippen LogP contribution in [0.25, 0.3) is 0 Å². The quantitative estimate of drug-likeness (QED) is 0.370. The van der Waals surface area contributed by atoms with E-state index in [0.717, 1.165) is 0 Å². The topological polar surface area (TPSA) is 32.3 Å². The Labute approximate surface area is 66.0 Å². The Bertz CT molecular complexity index is 53.7. The Balaban J connectivity index is 0. The fourth-order valence-corrected chi connectivity index (χ4v) is 3.13. The molecule has 0 unspecified atom stereocenters. The third-order valence-electron chi connectivity index (χ3n) is 0.492. The summed E-state index contributed by atoms with van der Waals surface area (Å²) >= 11 is 0. The summed E-state index contributed by atoms with van der Waals surface area (Å²) in [6, 6.07) is 0. The van der Waals surface area contributed by atoms with Crippen LogP contribution in [0.15, 0.2) is 0 Å². The number of hydrogen-bond acceptors (Lipinski definition) is 2. The zero-order chi connectivity index (χ0) is 5.91. The maximum atomic E-state index is 10.7. The van der Waals surface area contributed by atoms with E-state index in [1.807, 2.05) is 6.55 Å². The van der Waals surface area contributed by atoms with Crippen LogP contribution in [-0.2, 0) is 4.12 Å². The molecule has 5 heteroatoms. The van der Waals surface area contributed by atoms with E-state index in [-0.39, 0.29) is 18.9 Å². The van der Waals surface area contributed by atoms with Crippen molar-refractivity contribution in [3.8, 4) is 0 Å². The minimum absolute atomic E-state index is 0. The molecule has 0 aliphatic rings. The van der Waals surface area contributed by atoms with E-state index >= 15 is 0 Å². The van der Waals surface area contributed by atoms with Gasteiger partial charge < -0.3 is 8.91 Å². The summed E-state index contributed by atoms with van der Waals surface area (Å²) in [5, 5.41) is 0. The van der Waals surface area contributed by atoms with Crippen molar-refractivity contribution in [2.45, 2.75) is 19.6 Å². The summed E-state index contributed by atoms with van der Waals surface area (Å²) in [7, 11) is -2.79. The van der Waals surface area contributed by atoms with Crippen LogP contribution in [0.4, 0.5) is 0 Å². The number of rotatable bonds is 2. The van der Waals surface area contributed by atoms with E-state index in [2.05, 4.69) is 0 Å². The van der Waals surface area contributed by atoms with E-state index < -0.39 is 18.3 Å². The zero-order valence-corrected chi connectivity index (χ0v) is 8.44. The standard InChI is InChI=1S/C3H11O2Si2.Li/c1-6-5-7(2,3)4;/h6H2,1-3H3;/q-1;+1. The predicted octanol–water partition coefficient (Wildman–Crippen LogP) is -3.80. The summed E-state index contributed by atoms with van der Waals surface area (Å²) < 4.78 is 4.95. The molecule has 0 aromatic heterocycles. The molecule has 0 radical (unpaired) electrons. The van der Waals surface area contributed by atoms with Gasteiger partial charge >= 0.3 is 18.9 Å². The van der Waals surface area contributed by atoms with Gasteiger partial charge in [-0.3, -0.25) is 0 Å². The molecule has 0 atom stereocenters. The van der Waals surface area contributed by atoms with Crippen LogP contribution in [0.2, 0.25) is 19.6 Å². The number of hydrogen-bond donors (Lipinski definition) is 0. The molecule has 0 heterocycles. The molecule has 0 rings (SSSR count). The maximum Gasteiger partial charge on any atom is 1.00 e. The van der Waals surface area contributed by atoms with Gasteiger partial charge in [0.1, 0.15) is 9.76 Å². The molecule has 0 spiro atoms. The molecule has 0 bridgehead atoms. The molecule has 0 saturated carbocycles. The minimum atomic E-state index is -2.35. The fraction of sp³-hybridized carbons (Fsp3) is 1.00. The van der Waals surface area contributed by atoms with Gasteiger partial charge in [-0.2, -0.15) is 0 Å². The Kier molecular flexibility index (Phi) is 7.02. The van der Waals surface area contributed by atoms with E-state index in [1.54, 1.807) is 13.1 Å². The first kappa shape index (κ1) is 11.7. The molecule has 0 saturated heterocycles. The molecular weight excluding hydrogens is 131 g/mol. The first-order chi connectivity index (χ1) is 3.06. The van der Waals surface area contributed by atoms with Crippen LogP contribution >= 0.6 is 0 Å². The van der Waals surface area contributed by atoms with Crippen LogP contribution < -0.4 is 23.7 Å². The fourth-order valence-electron chi connectivity index (χ4n) is 0.348. The molecule has 0 aliphatic heterocycles. The van der Waals surface area contributed by atoms with Gasteiger partial charge in [0.05, 0.1) is 8.56 Å². The van der Waals surface area contributed by atoms with Crippen molar-refractivity contribution in [1.29, 1.82) is 0 Å². The third kappa shape index (κ3) is 10.0. The Morgan fingerprint density at radius 2 is 1.88 bits per heavy atom. The van der Waals surface area contributed by atoms with Crippen molar-refractivity contribution in [2.75, 3.05) is 0 Å². The first-order valence-electron chi connectivity index (χ1n) is 2.40. The van der Waals surface area contributed by atoms with E-state index in [4.69, 9.17) is 4.12 Å². The summed E-state index contributed by atoms with van der Waals surface area (Å²) in [5.41, 5.74) is 0. The van der Waals surface area contributed by atoms with Crippen molar-refractivity contribution in [2.24, 2.45) is 0 Å². The summed E-state index contributed by atoms with van der Waals surface area (Å²) in [6.07, 6.45) is 0. The molecule has 0 amide bonds. The van der Waals surface area contributed by atoms with Crippen molar-refractivity contribution in [3.63, 3.8) is 0 Å². The third-order valence-corrected chi connectivity index (χ3v) is 4.43. The van der Waals surface area contributed by atoms with Gasteiger partial charge in [0.15, 0.2) is 0 Å². The predicted molar refractivity (Wildman–Crippen MR) is 33.0 cm³/mol.